The number of hydrogen-bond acceptors (Lipinski definition) is 6. The van der Waals surface area contributed by atoms with Crippen LogP contribution >= 0.6 is 0 Å². The molecule has 1 aromatic carbocycles. The Balaban J connectivity index is 1.35. The molecule has 2 amide bonds. The first-order valence-corrected chi connectivity index (χ1v) is 8.36. The summed E-state index contributed by atoms with van der Waals surface area (Å²) in [6, 6.07) is 5.57. The smallest absolute Gasteiger partial charge is 0.274 e. The molecule has 0 bridgehead atoms. The van der Waals surface area contributed by atoms with Gasteiger partial charge in [0.2, 0.25) is 5.91 Å². The van der Waals surface area contributed by atoms with Crippen LogP contribution in [-0.2, 0) is 11.2 Å². The number of hydrogen-bond donors (Lipinski definition) is 0. The van der Waals surface area contributed by atoms with Gasteiger partial charge in [0.1, 0.15) is 11.2 Å². The van der Waals surface area contributed by atoms with Crippen molar-refractivity contribution in [2.75, 3.05) is 26.2 Å². The fourth-order valence-electron chi connectivity index (χ4n) is 3.03. The van der Waals surface area contributed by atoms with Gasteiger partial charge in [-0.1, -0.05) is 6.07 Å². The lowest BCUT2D eigenvalue weighted by Crippen LogP contribution is -2.51. The summed E-state index contributed by atoms with van der Waals surface area (Å²) in [5.74, 6) is -0.114. The largest absolute Gasteiger partial charge is 0.443 e. The van der Waals surface area contributed by atoms with Crippen LogP contribution in [0.3, 0.4) is 0 Å². The molecule has 0 atom stereocenters. The zero-order chi connectivity index (χ0) is 17.9. The molecule has 0 aliphatic carbocycles. The van der Waals surface area contributed by atoms with E-state index in [2.05, 4.69) is 15.0 Å². The Labute approximate surface area is 149 Å². The lowest BCUT2D eigenvalue weighted by molar-refractivity contribution is -0.131. The monoisotopic (exact) mass is 351 g/mol. The number of rotatable bonds is 3. The van der Waals surface area contributed by atoms with Crippen LogP contribution in [0.25, 0.3) is 11.1 Å². The molecule has 1 saturated heterocycles. The molecule has 3 heterocycles. The maximum Gasteiger partial charge on any atom is 0.274 e. The van der Waals surface area contributed by atoms with Gasteiger partial charge in [-0.05, 0) is 17.7 Å². The van der Waals surface area contributed by atoms with Crippen LogP contribution in [0, 0.1) is 0 Å². The number of carbonyl (C=O) groups excluding carboxylic acids is 2. The number of nitrogens with zero attached hydrogens (tertiary/aromatic N) is 5. The zero-order valence-corrected chi connectivity index (χ0v) is 14.0. The van der Waals surface area contributed by atoms with Gasteiger partial charge >= 0.3 is 0 Å². The molecule has 2 aromatic heterocycles. The molecule has 3 aromatic rings. The van der Waals surface area contributed by atoms with E-state index in [1.165, 1.54) is 25.0 Å². The van der Waals surface area contributed by atoms with Gasteiger partial charge in [0, 0.05) is 38.6 Å². The van der Waals surface area contributed by atoms with E-state index in [0.29, 0.717) is 43.9 Å². The standard InChI is InChI=1S/C18H17N5O3/c24-17(10-13-1-2-14-16(9-13)26-12-21-14)22-5-7-23(8-6-22)18(25)15-11-19-3-4-20-15/h1-4,9,11-12H,5-8,10H2. The Morgan fingerprint density at radius 2 is 1.85 bits per heavy atom. The zero-order valence-electron chi connectivity index (χ0n) is 14.0. The van der Waals surface area contributed by atoms with Gasteiger partial charge in [0.05, 0.1) is 12.6 Å². The minimum Gasteiger partial charge on any atom is -0.443 e. The van der Waals surface area contributed by atoms with Gasteiger partial charge in [0.25, 0.3) is 5.91 Å². The number of fused-ring (bicyclic) bond motifs is 1. The highest BCUT2D eigenvalue weighted by atomic mass is 16.3. The van der Waals surface area contributed by atoms with Gasteiger partial charge in [-0.25, -0.2) is 9.97 Å². The summed E-state index contributed by atoms with van der Waals surface area (Å²) in [6.07, 6.45) is 6.18. The second-order valence-corrected chi connectivity index (χ2v) is 6.09. The molecule has 0 saturated carbocycles. The van der Waals surface area contributed by atoms with Crippen molar-refractivity contribution in [3.8, 4) is 0 Å². The molecule has 0 N–H and O–H groups in total. The third-order valence-electron chi connectivity index (χ3n) is 4.45. The highest BCUT2D eigenvalue weighted by molar-refractivity contribution is 5.92. The lowest BCUT2D eigenvalue weighted by Gasteiger charge is -2.34. The summed E-state index contributed by atoms with van der Waals surface area (Å²) in [7, 11) is 0. The van der Waals surface area contributed by atoms with Gasteiger partial charge in [-0.3, -0.25) is 14.6 Å². The van der Waals surface area contributed by atoms with E-state index in [0.717, 1.165) is 11.1 Å². The number of amides is 2. The predicted octanol–water partition coefficient (Wildman–Crippen LogP) is 1.14. The summed E-state index contributed by atoms with van der Waals surface area (Å²) < 4.78 is 5.28. The van der Waals surface area contributed by atoms with E-state index in [1.54, 1.807) is 9.80 Å². The van der Waals surface area contributed by atoms with Crippen molar-refractivity contribution in [2.45, 2.75) is 6.42 Å². The van der Waals surface area contributed by atoms with Gasteiger partial charge in [-0.15, -0.1) is 0 Å². The van der Waals surface area contributed by atoms with E-state index in [9.17, 15) is 9.59 Å². The number of oxazole rings is 1. The molecule has 0 radical (unpaired) electrons. The molecule has 26 heavy (non-hydrogen) atoms. The highest BCUT2D eigenvalue weighted by Crippen LogP contribution is 2.16. The summed E-state index contributed by atoms with van der Waals surface area (Å²) in [6.45, 7) is 2.00. The van der Waals surface area contributed by atoms with E-state index >= 15 is 0 Å². The Morgan fingerprint density at radius 3 is 2.62 bits per heavy atom. The van der Waals surface area contributed by atoms with Crippen LogP contribution in [0.1, 0.15) is 16.1 Å². The first-order chi connectivity index (χ1) is 12.7. The van der Waals surface area contributed by atoms with Crippen molar-refractivity contribution >= 4 is 22.9 Å². The van der Waals surface area contributed by atoms with Crippen molar-refractivity contribution in [2.24, 2.45) is 0 Å². The average molecular weight is 351 g/mol. The molecule has 4 rings (SSSR count). The van der Waals surface area contributed by atoms with E-state index < -0.39 is 0 Å². The normalized spacial score (nSPS) is 14.6. The Hall–Kier alpha value is -3.29. The molecule has 8 heteroatoms. The molecule has 0 spiro atoms. The quantitative estimate of drug-likeness (QED) is 0.703. The molecular weight excluding hydrogens is 334 g/mol. The Morgan fingerprint density at radius 1 is 1.04 bits per heavy atom. The number of piperazine rings is 1. The fourth-order valence-corrected chi connectivity index (χ4v) is 3.03. The SMILES string of the molecule is O=C(Cc1ccc2ncoc2c1)N1CCN(C(=O)c2cnccn2)CC1. The number of aromatic nitrogens is 3. The van der Waals surface area contributed by atoms with Crippen LogP contribution in [0.15, 0.2) is 47.6 Å². The minimum absolute atomic E-state index is 0.0375. The topological polar surface area (TPSA) is 92.4 Å². The van der Waals surface area contributed by atoms with Crippen molar-refractivity contribution < 1.29 is 14.0 Å². The first-order valence-electron chi connectivity index (χ1n) is 8.36. The molecule has 1 fully saturated rings. The van der Waals surface area contributed by atoms with Crippen LogP contribution in [0.4, 0.5) is 0 Å². The molecule has 0 unspecified atom stereocenters. The fraction of sp³-hybridized carbons (Fsp3) is 0.278. The van der Waals surface area contributed by atoms with Crippen LogP contribution in [0.5, 0.6) is 0 Å². The van der Waals surface area contributed by atoms with E-state index in [4.69, 9.17) is 4.42 Å². The lowest BCUT2D eigenvalue weighted by atomic mass is 10.1. The second-order valence-electron chi connectivity index (χ2n) is 6.09. The third-order valence-corrected chi connectivity index (χ3v) is 4.45. The van der Waals surface area contributed by atoms with Gasteiger partial charge in [-0.2, -0.15) is 0 Å². The van der Waals surface area contributed by atoms with Gasteiger partial charge < -0.3 is 14.2 Å². The number of carbonyl (C=O) groups is 2. The van der Waals surface area contributed by atoms with Crippen molar-refractivity contribution in [3.63, 3.8) is 0 Å². The summed E-state index contributed by atoms with van der Waals surface area (Å²) >= 11 is 0. The molecule has 1 aliphatic rings. The van der Waals surface area contributed by atoms with Crippen LogP contribution in [-0.4, -0.2) is 62.7 Å². The third kappa shape index (κ3) is 3.26. The summed E-state index contributed by atoms with van der Waals surface area (Å²) in [4.78, 5) is 40.4. The van der Waals surface area contributed by atoms with Crippen molar-refractivity contribution in [3.05, 3.63) is 54.4 Å². The molecule has 1 aliphatic heterocycles. The van der Waals surface area contributed by atoms with E-state index in [1.807, 2.05) is 18.2 Å². The van der Waals surface area contributed by atoms with Crippen LogP contribution in [0.2, 0.25) is 0 Å². The summed E-state index contributed by atoms with van der Waals surface area (Å²) in [5, 5.41) is 0. The first kappa shape index (κ1) is 16.2. The molecule has 132 valence electrons. The highest BCUT2D eigenvalue weighted by Gasteiger charge is 2.25. The Kier molecular flexibility index (Phi) is 4.30. The predicted molar refractivity (Wildman–Crippen MR) is 92.2 cm³/mol. The maximum atomic E-state index is 12.5. The van der Waals surface area contributed by atoms with Crippen LogP contribution < -0.4 is 0 Å². The number of benzene rings is 1. The van der Waals surface area contributed by atoms with Gasteiger partial charge in [0.15, 0.2) is 12.0 Å². The average Bonchev–Trinajstić information content (AvgIpc) is 3.16. The van der Waals surface area contributed by atoms with Crippen molar-refractivity contribution in [1.82, 2.24) is 24.8 Å². The van der Waals surface area contributed by atoms with E-state index in [-0.39, 0.29) is 11.8 Å². The Bertz CT molecular complexity index is 932. The van der Waals surface area contributed by atoms with Crippen molar-refractivity contribution in [1.29, 1.82) is 0 Å². The minimum atomic E-state index is -0.152. The summed E-state index contributed by atoms with van der Waals surface area (Å²) in [5.41, 5.74) is 2.66. The second kappa shape index (κ2) is 6.91. The maximum absolute atomic E-state index is 12.5. The molecular formula is C18H17N5O3. The molecule has 8 nitrogen and oxygen atoms in total.